The molecule has 0 saturated carbocycles. The maximum absolute atomic E-state index is 12.0. The second-order valence-corrected chi connectivity index (χ2v) is 5.04. The number of hydrogen-bond donors (Lipinski definition) is 2. The van der Waals surface area contributed by atoms with Crippen LogP contribution in [0.3, 0.4) is 0 Å². The smallest absolute Gasteiger partial charge is 0.271 e. The molecular weight excluding hydrogens is 292 g/mol. The predicted octanol–water partition coefficient (Wildman–Crippen LogP) is 3.05. The monoisotopic (exact) mass is 308 g/mol. The van der Waals surface area contributed by atoms with Crippen LogP contribution in [0.4, 0.5) is 11.5 Å². The van der Waals surface area contributed by atoms with Gasteiger partial charge in [0.2, 0.25) is 0 Å². The third-order valence-electron chi connectivity index (χ3n) is 3.21. The average Bonchev–Trinajstić information content (AvgIpc) is 3.09. The molecule has 0 saturated heterocycles. The molecule has 2 N–H and O–H groups in total. The summed E-state index contributed by atoms with van der Waals surface area (Å²) in [5, 5.41) is 5.85. The lowest BCUT2D eigenvalue weighted by Crippen LogP contribution is -2.23. The summed E-state index contributed by atoms with van der Waals surface area (Å²) < 4.78 is 5.15. The van der Waals surface area contributed by atoms with E-state index in [1.165, 1.54) is 18.0 Å². The van der Waals surface area contributed by atoms with Crippen molar-refractivity contribution in [1.82, 2.24) is 15.3 Å². The molecule has 0 radical (unpaired) electrons. The molecule has 23 heavy (non-hydrogen) atoms. The van der Waals surface area contributed by atoms with E-state index in [-0.39, 0.29) is 11.6 Å². The van der Waals surface area contributed by atoms with Crippen molar-refractivity contribution in [1.29, 1.82) is 0 Å². The third kappa shape index (κ3) is 3.94. The molecule has 6 nitrogen and oxygen atoms in total. The van der Waals surface area contributed by atoms with Crippen LogP contribution in [0, 0.1) is 6.92 Å². The highest BCUT2D eigenvalue weighted by molar-refractivity contribution is 5.91. The normalized spacial score (nSPS) is 10.3. The molecule has 0 aliphatic carbocycles. The Hall–Kier alpha value is -3.15. The van der Waals surface area contributed by atoms with Gasteiger partial charge in [0.1, 0.15) is 17.3 Å². The third-order valence-corrected chi connectivity index (χ3v) is 3.21. The second kappa shape index (κ2) is 6.74. The Morgan fingerprint density at radius 3 is 2.61 bits per heavy atom. The van der Waals surface area contributed by atoms with E-state index in [0.29, 0.717) is 18.1 Å². The fourth-order valence-electron chi connectivity index (χ4n) is 1.97. The minimum atomic E-state index is -0.296. The van der Waals surface area contributed by atoms with Crippen LogP contribution in [0.1, 0.15) is 21.8 Å². The summed E-state index contributed by atoms with van der Waals surface area (Å²) in [7, 11) is 0. The Balaban J connectivity index is 1.59. The standard InChI is InChI=1S/C17H16N4O2/c1-12-4-6-13(7-5-12)21-16-11-18-15(10-19-16)17(22)20-9-14-3-2-8-23-14/h2-8,10-11H,9H2,1H3,(H,19,21)(H,20,22). The van der Waals surface area contributed by atoms with Crippen LogP contribution in [-0.2, 0) is 6.54 Å². The van der Waals surface area contributed by atoms with Crippen LogP contribution in [0.15, 0.2) is 59.5 Å². The fourth-order valence-corrected chi connectivity index (χ4v) is 1.97. The zero-order valence-electron chi connectivity index (χ0n) is 12.6. The number of amides is 1. The van der Waals surface area contributed by atoms with Crippen LogP contribution in [0.2, 0.25) is 0 Å². The highest BCUT2D eigenvalue weighted by atomic mass is 16.3. The first kappa shape index (κ1) is 14.8. The van der Waals surface area contributed by atoms with Gasteiger partial charge in [-0.05, 0) is 31.2 Å². The zero-order valence-corrected chi connectivity index (χ0v) is 12.6. The van der Waals surface area contributed by atoms with Crippen LogP contribution in [-0.4, -0.2) is 15.9 Å². The van der Waals surface area contributed by atoms with E-state index in [1.54, 1.807) is 18.4 Å². The van der Waals surface area contributed by atoms with E-state index in [1.807, 2.05) is 31.2 Å². The second-order valence-electron chi connectivity index (χ2n) is 5.04. The van der Waals surface area contributed by atoms with Gasteiger partial charge in [-0.25, -0.2) is 9.97 Å². The first-order valence-electron chi connectivity index (χ1n) is 7.17. The number of rotatable bonds is 5. The summed E-state index contributed by atoms with van der Waals surface area (Å²) in [6.45, 7) is 2.34. The quantitative estimate of drug-likeness (QED) is 0.757. The minimum Gasteiger partial charge on any atom is -0.467 e. The number of benzene rings is 1. The molecule has 116 valence electrons. The highest BCUT2D eigenvalue weighted by Gasteiger charge is 2.08. The van der Waals surface area contributed by atoms with Crippen LogP contribution >= 0.6 is 0 Å². The van der Waals surface area contributed by atoms with Gasteiger partial charge < -0.3 is 15.1 Å². The van der Waals surface area contributed by atoms with Crippen molar-refractivity contribution in [3.8, 4) is 0 Å². The van der Waals surface area contributed by atoms with Gasteiger partial charge in [0.15, 0.2) is 0 Å². The van der Waals surface area contributed by atoms with Crippen LogP contribution in [0.5, 0.6) is 0 Å². The number of aryl methyl sites for hydroxylation is 1. The van der Waals surface area contributed by atoms with Crippen molar-refractivity contribution >= 4 is 17.4 Å². The summed E-state index contributed by atoms with van der Waals surface area (Å²) in [5.74, 6) is 0.969. The Labute approximate surface area is 133 Å². The molecule has 1 amide bonds. The number of carbonyl (C=O) groups excluding carboxylic acids is 1. The van der Waals surface area contributed by atoms with Crippen LogP contribution in [0.25, 0.3) is 0 Å². The molecule has 1 aromatic carbocycles. The van der Waals surface area contributed by atoms with Crippen LogP contribution < -0.4 is 10.6 Å². The number of aromatic nitrogens is 2. The van der Waals surface area contributed by atoms with Crippen molar-refractivity contribution in [3.05, 3.63) is 72.1 Å². The molecule has 2 aromatic heterocycles. The summed E-state index contributed by atoms with van der Waals surface area (Å²) in [4.78, 5) is 20.3. The maximum Gasteiger partial charge on any atom is 0.271 e. The fraction of sp³-hybridized carbons (Fsp3) is 0.118. The lowest BCUT2D eigenvalue weighted by Gasteiger charge is -2.06. The van der Waals surface area contributed by atoms with Crippen molar-refractivity contribution in [3.63, 3.8) is 0 Å². The van der Waals surface area contributed by atoms with Gasteiger partial charge in [-0.1, -0.05) is 17.7 Å². The topological polar surface area (TPSA) is 80.0 Å². The molecular formula is C17H16N4O2. The molecule has 0 fully saturated rings. The van der Waals surface area contributed by atoms with E-state index in [0.717, 1.165) is 5.69 Å². The zero-order chi connectivity index (χ0) is 16.1. The van der Waals surface area contributed by atoms with E-state index >= 15 is 0 Å². The SMILES string of the molecule is Cc1ccc(Nc2cnc(C(=O)NCc3ccco3)cn2)cc1. The van der Waals surface area contributed by atoms with Gasteiger partial charge in [0, 0.05) is 5.69 Å². The summed E-state index contributed by atoms with van der Waals surface area (Å²) in [5.41, 5.74) is 2.36. The Kier molecular flexibility index (Phi) is 4.33. The molecule has 0 spiro atoms. The number of hydrogen-bond acceptors (Lipinski definition) is 5. The maximum atomic E-state index is 12.0. The van der Waals surface area contributed by atoms with Crippen molar-refractivity contribution < 1.29 is 9.21 Å². The van der Waals surface area contributed by atoms with E-state index in [9.17, 15) is 4.79 Å². The van der Waals surface area contributed by atoms with Gasteiger partial charge in [-0.15, -0.1) is 0 Å². The van der Waals surface area contributed by atoms with Gasteiger partial charge in [-0.2, -0.15) is 0 Å². The average molecular weight is 308 g/mol. The molecule has 6 heteroatoms. The Bertz CT molecular complexity index is 765. The molecule has 0 aliphatic rings. The van der Waals surface area contributed by atoms with Crippen molar-refractivity contribution in [2.75, 3.05) is 5.32 Å². The minimum absolute atomic E-state index is 0.256. The molecule has 2 heterocycles. The number of nitrogens with one attached hydrogen (secondary N) is 2. The number of carbonyl (C=O) groups is 1. The highest BCUT2D eigenvalue weighted by Crippen LogP contribution is 2.14. The first-order valence-corrected chi connectivity index (χ1v) is 7.17. The first-order chi connectivity index (χ1) is 11.2. The van der Waals surface area contributed by atoms with E-state index < -0.39 is 0 Å². The van der Waals surface area contributed by atoms with Gasteiger partial charge >= 0.3 is 0 Å². The number of anilines is 2. The summed E-state index contributed by atoms with van der Waals surface area (Å²) >= 11 is 0. The van der Waals surface area contributed by atoms with Crippen molar-refractivity contribution in [2.24, 2.45) is 0 Å². The molecule has 3 aromatic rings. The summed E-state index contributed by atoms with van der Waals surface area (Å²) in [6, 6.07) is 11.5. The molecule has 0 unspecified atom stereocenters. The van der Waals surface area contributed by atoms with Gasteiger partial charge in [-0.3, -0.25) is 4.79 Å². The number of furan rings is 1. The summed E-state index contributed by atoms with van der Waals surface area (Å²) in [6.07, 6.45) is 4.53. The van der Waals surface area contributed by atoms with Gasteiger partial charge in [0.25, 0.3) is 5.91 Å². The Morgan fingerprint density at radius 2 is 1.96 bits per heavy atom. The van der Waals surface area contributed by atoms with Crippen molar-refractivity contribution in [2.45, 2.75) is 13.5 Å². The van der Waals surface area contributed by atoms with E-state index in [4.69, 9.17) is 4.42 Å². The predicted molar refractivity (Wildman–Crippen MR) is 86.4 cm³/mol. The van der Waals surface area contributed by atoms with Gasteiger partial charge in [0.05, 0.1) is 25.2 Å². The number of nitrogens with zero attached hydrogens (tertiary/aromatic N) is 2. The molecule has 3 rings (SSSR count). The molecule has 0 bridgehead atoms. The lowest BCUT2D eigenvalue weighted by atomic mass is 10.2. The molecule has 0 atom stereocenters. The lowest BCUT2D eigenvalue weighted by molar-refractivity contribution is 0.0942. The largest absolute Gasteiger partial charge is 0.467 e. The van der Waals surface area contributed by atoms with E-state index in [2.05, 4.69) is 20.6 Å². The Morgan fingerprint density at radius 1 is 1.13 bits per heavy atom. The molecule has 0 aliphatic heterocycles.